The second-order valence-electron chi connectivity index (χ2n) is 5.34. The summed E-state index contributed by atoms with van der Waals surface area (Å²) in [6, 6.07) is 3.86. The molecular formula is C14H16ClF3N2S. The fourth-order valence-electron chi connectivity index (χ4n) is 2.12. The van der Waals surface area contributed by atoms with E-state index in [0.717, 1.165) is 18.2 Å². The third kappa shape index (κ3) is 4.54. The van der Waals surface area contributed by atoms with E-state index in [-0.39, 0.29) is 16.8 Å². The second kappa shape index (κ2) is 6.48. The van der Waals surface area contributed by atoms with E-state index in [9.17, 15) is 13.2 Å². The summed E-state index contributed by atoms with van der Waals surface area (Å²) in [5.41, 5.74) is -0.783. The average Bonchev–Trinajstić information content (AvgIpc) is 2.76. The van der Waals surface area contributed by atoms with Crippen LogP contribution in [0.25, 0.3) is 0 Å². The number of alkyl halides is 3. The number of anilines is 1. The van der Waals surface area contributed by atoms with E-state index in [2.05, 4.69) is 24.2 Å². The molecule has 7 heteroatoms. The van der Waals surface area contributed by atoms with Crippen LogP contribution in [-0.2, 0) is 6.18 Å². The van der Waals surface area contributed by atoms with Crippen molar-refractivity contribution in [3.8, 4) is 0 Å². The summed E-state index contributed by atoms with van der Waals surface area (Å²) in [6.45, 7) is 4.21. The number of amidine groups is 1. The van der Waals surface area contributed by atoms with Crippen LogP contribution >= 0.6 is 23.4 Å². The van der Waals surface area contributed by atoms with Gasteiger partial charge in [0.1, 0.15) is 0 Å². The van der Waals surface area contributed by atoms with Gasteiger partial charge >= 0.3 is 6.18 Å². The van der Waals surface area contributed by atoms with Gasteiger partial charge in [-0.25, -0.2) is 0 Å². The van der Waals surface area contributed by atoms with E-state index in [1.54, 1.807) is 0 Å². The molecule has 1 atom stereocenters. The molecule has 0 bridgehead atoms. The number of benzene rings is 1. The van der Waals surface area contributed by atoms with Gasteiger partial charge in [-0.3, -0.25) is 4.99 Å². The lowest BCUT2D eigenvalue weighted by Gasteiger charge is -2.14. The van der Waals surface area contributed by atoms with Crippen LogP contribution in [0.4, 0.5) is 18.9 Å². The summed E-state index contributed by atoms with van der Waals surface area (Å²) in [4.78, 5) is 4.44. The predicted molar refractivity (Wildman–Crippen MR) is 83.2 cm³/mol. The predicted octanol–water partition coefficient (Wildman–Crippen LogP) is 5.29. The van der Waals surface area contributed by atoms with Gasteiger partial charge in [0.15, 0.2) is 5.17 Å². The van der Waals surface area contributed by atoms with Gasteiger partial charge in [0.2, 0.25) is 0 Å². The van der Waals surface area contributed by atoms with E-state index < -0.39 is 11.7 Å². The fourth-order valence-corrected chi connectivity index (χ4v) is 3.26. The highest BCUT2D eigenvalue weighted by atomic mass is 35.5. The fraction of sp³-hybridized carbons (Fsp3) is 0.500. The lowest BCUT2D eigenvalue weighted by atomic mass is 10.1. The number of hydrogen-bond donors (Lipinski definition) is 1. The Morgan fingerprint density at radius 1 is 1.43 bits per heavy atom. The van der Waals surface area contributed by atoms with Crippen molar-refractivity contribution >= 4 is 34.2 Å². The molecule has 1 aromatic carbocycles. The lowest BCUT2D eigenvalue weighted by molar-refractivity contribution is -0.136. The highest BCUT2D eigenvalue weighted by Crippen LogP contribution is 2.37. The van der Waals surface area contributed by atoms with Crippen molar-refractivity contribution in [1.29, 1.82) is 0 Å². The van der Waals surface area contributed by atoms with Crippen LogP contribution in [0, 0.1) is 5.92 Å². The van der Waals surface area contributed by atoms with Crippen molar-refractivity contribution in [1.82, 2.24) is 0 Å². The molecule has 0 spiro atoms. The first-order valence-electron chi connectivity index (χ1n) is 6.60. The van der Waals surface area contributed by atoms with Gasteiger partial charge in [0.05, 0.1) is 17.3 Å². The Morgan fingerprint density at radius 2 is 2.14 bits per heavy atom. The number of halogens is 4. The van der Waals surface area contributed by atoms with Gasteiger partial charge in [0.25, 0.3) is 0 Å². The Hall–Kier alpha value is -0.880. The molecule has 1 heterocycles. The third-order valence-electron chi connectivity index (χ3n) is 2.98. The van der Waals surface area contributed by atoms with Gasteiger partial charge in [-0.05, 0) is 30.5 Å². The van der Waals surface area contributed by atoms with Crippen LogP contribution in [0.5, 0.6) is 0 Å². The van der Waals surface area contributed by atoms with E-state index in [0.29, 0.717) is 11.1 Å². The van der Waals surface area contributed by atoms with E-state index in [1.165, 1.54) is 23.9 Å². The van der Waals surface area contributed by atoms with Gasteiger partial charge in [-0.15, -0.1) is 0 Å². The number of aliphatic imine (C=N–C) groups is 1. The number of nitrogens with one attached hydrogen (secondary N) is 1. The smallest absolute Gasteiger partial charge is 0.334 e. The maximum atomic E-state index is 13.0. The molecule has 0 amide bonds. The van der Waals surface area contributed by atoms with Crippen LogP contribution < -0.4 is 5.32 Å². The van der Waals surface area contributed by atoms with Crippen molar-refractivity contribution in [2.24, 2.45) is 10.9 Å². The molecule has 2 nitrogen and oxygen atoms in total. The molecule has 21 heavy (non-hydrogen) atoms. The molecule has 0 fully saturated rings. The van der Waals surface area contributed by atoms with Crippen molar-refractivity contribution in [2.75, 3.05) is 11.1 Å². The van der Waals surface area contributed by atoms with Gasteiger partial charge in [-0.2, -0.15) is 13.2 Å². The van der Waals surface area contributed by atoms with Crippen LogP contribution in [0.15, 0.2) is 23.2 Å². The van der Waals surface area contributed by atoms with Crippen LogP contribution in [-0.4, -0.2) is 17.0 Å². The largest absolute Gasteiger partial charge is 0.418 e. The first-order valence-corrected chi connectivity index (χ1v) is 7.96. The van der Waals surface area contributed by atoms with Crippen LogP contribution in [0.3, 0.4) is 0 Å². The van der Waals surface area contributed by atoms with E-state index in [1.807, 2.05) is 0 Å². The Labute approximate surface area is 131 Å². The minimum Gasteiger partial charge on any atom is -0.334 e. The summed E-state index contributed by atoms with van der Waals surface area (Å²) in [5, 5.41) is 3.38. The van der Waals surface area contributed by atoms with E-state index in [4.69, 9.17) is 11.6 Å². The highest BCUT2D eigenvalue weighted by Gasteiger charge is 2.34. The standard InChI is InChI=1S/C14H16ClF3N2S/c1-8(2)5-10-7-21-13(19-10)20-12-4-3-9(15)6-11(12)14(16,17)18/h3-4,6,8,10H,5,7H2,1-2H3,(H,19,20). The zero-order chi connectivity index (χ0) is 15.6. The molecule has 0 saturated heterocycles. The topological polar surface area (TPSA) is 24.4 Å². The molecule has 116 valence electrons. The summed E-state index contributed by atoms with van der Waals surface area (Å²) < 4.78 is 39.0. The number of nitrogens with zero attached hydrogens (tertiary/aromatic N) is 1. The maximum absolute atomic E-state index is 13.0. The minimum atomic E-state index is -4.45. The highest BCUT2D eigenvalue weighted by molar-refractivity contribution is 8.14. The van der Waals surface area contributed by atoms with Crippen molar-refractivity contribution in [3.63, 3.8) is 0 Å². The first-order chi connectivity index (χ1) is 9.75. The Morgan fingerprint density at radius 3 is 2.76 bits per heavy atom. The maximum Gasteiger partial charge on any atom is 0.418 e. The normalized spacial score (nSPS) is 19.0. The Balaban J connectivity index is 2.17. The summed E-state index contributed by atoms with van der Waals surface area (Å²) in [5.74, 6) is 1.31. The molecule has 0 aromatic heterocycles. The summed E-state index contributed by atoms with van der Waals surface area (Å²) in [7, 11) is 0. The van der Waals surface area contributed by atoms with Crippen LogP contribution in [0.1, 0.15) is 25.8 Å². The molecule has 1 N–H and O–H groups in total. The minimum absolute atomic E-state index is 0.0108. The summed E-state index contributed by atoms with van der Waals surface area (Å²) >= 11 is 7.11. The molecule has 0 radical (unpaired) electrons. The molecule has 0 saturated carbocycles. The Kier molecular flexibility index (Phi) is 5.09. The first kappa shape index (κ1) is 16.5. The SMILES string of the molecule is CC(C)CC1CSC(Nc2ccc(Cl)cc2C(F)(F)F)=N1. The molecule has 1 aromatic rings. The molecular weight excluding hydrogens is 321 g/mol. The third-order valence-corrected chi connectivity index (χ3v) is 4.25. The van der Waals surface area contributed by atoms with E-state index >= 15 is 0 Å². The van der Waals surface area contributed by atoms with Gasteiger partial charge in [-0.1, -0.05) is 37.2 Å². The molecule has 1 aliphatic heterocycles. The number of rotatable bonds is 3. The average molecular weight is 337 g/mol. The van der Waals surface area contributed by atoms with Gasteiger partial charge < -0.3 is 5.32 Å². The lowest BCUT2D eigenvalue weighted by Crippen LogP contribution is -2.13. The van der Waals surface area contributed by atoms with Crippen molar-refractivity contribution in [2.45, 2.75) is 32.5 Å². The molecule has 0 aliphatic carbocycles. The van der Waals surface area contributed by atoms with Crippen molar-refractivity contribution in [3.05, 3.63) is 28.8 Å². The molecule has 2 rings (SSSR count). The summed E-state index contributed by atoms with van der Waals surface area (Å²) in [6.07, 6.45) is -3.51. The van der Waals surface area contributed by atoms with Crippen molar-refractivity contribution < 1.29 is 13.2 Å². The monoisotopic (exact) mass is 336 g/mol. The Bertz CT molecular complexity index is 544. The zero-order valence-electron chi connectivity index (χ0n) is 11.7. The molecule has 1 unspecified atom stereocenters. The number of thioether (sulfide) groups is 1. The van der Waals surface area contributed by atoms with Crippen LogP contribution in [0.2, 0.25) is 5.02 Å². The van der Waals surface area contributed by atoms with Gasteiger partial charge in [0, 0.05) is 10.8 Å². The zero-order valence-corrected chi connectivity index (χ0v) is 13.2. The molecule has 1 aliphatic rings. The quantitative estimate of drug-likeness (QED) is 0.811. The second-order valence-corrected chi connectivity index (χ2v) is 6.79. The number of hydrogen-bond acceptors (Lipinski definition) is 3.